The molecule has 0 spiro atoms. The van der Waals surface area contributed by atoms with Crippen LogP contribution in [0.25, 0.3) is 0 Å². The van der Waals surface area contributed by atoms with Crippen LogP contribution in [0.2, 0.25) is 0 Å². The summed E-state index contributed by atoms with van der Waals surface area (Å²) in [6, 6.07) is 6.35. The van der Waals surface area contributed by atoms with Crippen LogP contribution in [0.4, 0.5) is 4.39 Å². The zero-order chi connectivity index (χ0) is 15.0. The van der Waals surface area contributed by atoms with Crippen LogP contribution in [0.15, 0.2) is 29.2 Å². The highest BCUT2D eigenvalue weighted by molar-refractivity contribution is 7.99. The van der Waals surface area contributed by atoms with Crippen molar-refractivity contribution in [3.05, 3.63) is 30.1 Å². The van der Waals surface area contributed by atoms with Gasteiger partial charge in [0.25, 0.3) is 0 Å². The number of nitrogens with two attached hydrogens (primary N) is 1. The molecule has 0 saturated heterocycles. The fourth-order valence-electron chi connectivity index (χ4n) is 1.88. The molecule has 0 heterocycles. The number of rotatable bonds is 8. The lowest BCUT2D eigenvalue weighted by atomic mass is 10.0. The highest BCUT2D eigenvalue weighted by Gasteiger charge is 2.12. The molecule has 120 valence electrons. The molecule has 3 N–H and O–H groups in total. The zero-order valence-corrected chi connectivity index (χ0v) is 14.1. The summed E-state index contributed by atoms with van der Waals surface area (Å²) in [5, 5.41) is 2.96. The van der Waals surface area contributed by atoms with Crippen molar-refractivity contribution in [1.82, 2.24) is 5.32 Å². The highest BCUT2D eigenvalue weighted by atomic mass is 35.5. The minimum absolute atomic E-state index is 0. The van der Waals surface area contributed by atoms with Gasteiger partial charge in [0.15, 0.2) is 0 Å². The van der Waals surface area contributed by atoms with Crippen LogP contribution in [-0.4, -0.2) is 24.2 Å². The number of carbonyl (C=O) groups excluding carboxylic acids is 1. The fourth-order valence-corrected chi connectivity index (χ4v) is 2.73. The van der Waals surface area contributed by atoms with Gasteiger partial charge in [-0.25, -0.2) is 4.39 Å². The van der Waals surface area contributed by atoms with Crippen LogP contribution in [0.3, 0.4) is 0 Å². The lowest BCUT2D eigenvalue weighted by molar-refractivity contribution is -0.121. The molecule has 1 rings (SSSR count). The van der Waals surface area contributed by atoms with Crippen molar-refractivity contribution in [3.63, 3.8) is 0 Å². The van der Waals surface area contributed by atoms with Crippen molar-refractivity contribution in [1.29, 1.82) is 0 Å². The second-order valence-corrected chi connectivity index (χ2v) is 6.35. The Morgan fingerprint density at radius 1 is 1.33 bits per heavy atom. The molecule has 0 saturated carbocycles. The Kier molecular flexibility index (Phi) is 10.5. The van der Waals surface area contributed by atoms with E-state index in [1.165, 1.54) is 12.1 Å². The predicted octanol–water partition coefficient (Wildman–Crippen LogP) is 3.22. The highest BCUT2D eigenvalue weighted by Crippen LogP contribution is 2.18. The number of halogens is 2. The van der Waals surface area contributed by atoms with Crippen molar-refractivity contribution in [2.45, 2.75) is 37.6 Å². The molecule has 1 atom stereocenters. The summed E-state index contributed by atoms with van der Waals surface area (Å²) in [4.78, 5) is 12.8. The summed E-state index contributed by atoms with van der Waals surface area (Å²) in [5.41, 5.74) is 5.65. The van der Waals surface area contributed by atoms with E-state index >= 15 is 0 Å². The minimum atomic E-state index is -0.244. The van der Waals surface area contributed by atoms with Gasteiger partial charge in [-0.2, -0.15) is 0 Å². The summed E-state index contributed by atoms with van der Waals surface area (Å²) in [6.07, 6.45) is 1.34. The number of nitrogens with one attached hydrogen (secondary N) is 1. The van der Waals surface area contributed by atoms with Crippen LogP contribution in [-0.2, 0) is 4.79 Å². The van der Waals surface area contributed by atoms with Crippen molar-refractivity contribution >= 4 is 30.1 Å². The molecule has 1 aromatic carbocycles. The Morgan fingerprint density at radius 3 is 2.48 bits per heavy atom. The Bertz CT molecular complexity index is 415. The molecule has 0 bridgehead atoms. The molecule has 1 aromatic rings. The number of thioether (sulfide) groups is 1. The summed E-state index contributed by atoms with van der Waals surface area (Å²) >= 11 is 1.55. The lowest BCUT2D eigenvalue weighted by Crippen LogP contribution is -2.41. The van der Waals surface area contributed by atoms with Gasteiger partial charge in [-0.15, -0.1) is 24.2 Å². The van der Waals surface area contributed by atoms with Gasteiger partial charge in [-0.3, -0.25) is 4.79 Å². The Labute approximate surface area is 136 Å². The molecular weight excluding hydrogens is 311 g/mol. The minimum Gasteiger partial charge on any atom is -0.352 e. The average Bonchev–Trinajstić information content (AvgIpc) is 2.39. The average molecular weight is 335 g/mol. The molecule has 3 nitrogen and oxygen atoms in total. The normalized spacial score (nSPS) is 11.9. The zero-order valence-electron chi connectivity index (χ0n) is 12.5. The van der Waals surface area contributed by atoms with E-state index in [-0.39, 0.29) is 30.2 Å². The summed E-state index contributed by atoms with van der Waals surface area (Å²) in [6.45, 7) is 4.69. The number of benzene rings is 1. The maximum Gasteiger partial charge on any atom is 0.221 e. The van der Waals surface area contributed by atoms with E-state index in [1.807, 2.05) is 0 Å². The van der Waals surface area contributed by atoms with E-state index in [0.29, 0.717) is 24.6 Å². The number of amides is 1. The Morgan fingerprint density at radius 2 is 1.95 bits per heavy atom. The van der Waals surface area contributed by atoms with Crippen LogP contribution < -0.4 is 11.1 Å². The van der Waals surface area contributed by atoms with Crippen LogP contribution in [0.1, 0.15) is 26.7 Å². The summed E-state index contributed by atoms with van der Waals surface area (Å²) in [5.74, 6) is 0.968. The molecule has 21 heavy (non-hydrogen) atoms. The monoisotopic (exact) mass is 334 g/mol. The van der Waals surface area contributed by atoms with E-state index in [2.05, 4.69) is 19.2 Å². The Hall–Kier alpha value is -0.780. The molecule has 0 aromatic heterocycles. The van der Waals surface area contributed by atoms with Gasteiger partial charge in [0.1, 0.15) is 5.82 Å². The first-order valence-electron chi connectivity index (χ1n) is 6.89. The second-order valence-electron chi connectivity index (χ2n) is 5.18. The van der Waals surface area contributed by atoms with Gasteiger partial charge >= 0.3 is 0 Å². The van der Waals surface area contributed by atoms with Crippen LogP contribution in [0.5, 0.6) is 0 Å². The smallest absolute Gasteiger partial charge is 0.221 e. The lowest BCUT2D eigenvalue weighted by Gasteiger charge is -2.18. The van der Waals surface area contributed by atoms with E-state index in [1.54, 1.807) is 23.9 Å². The van der Waals surface area contributed by atoms with E-state index in [4.69, 9.17) is 5.73 Å². The topological polar surface area (TPSA) is 55.1 Å². The molecule has 0 fully saturated rings. The number of hydrogen-bond acceptors (Lipinski definition) is 3. The van der Waals surface area contributed by atoms with Gasteiger partial charge in [0.2, 0.25) is 5.91 Å². The van der Waals surface area contributed by atoms with E-state index in [9.17, 15) is 9.18 Å². The third-order valence-corrected chi connectivity index (χ3v) is 3.83. The van der Waals surface area contributed by atoms with Crippen molar-refractivity contribution < 1.29 is 9.18 Å². The largest absolute Gasteiger partial charge is 0.352 e. The standard InChI is InChI=1S/C15H23FN2OS.ClH/c1-11(2)9-13(10-17)18-15(19)7-8-20-14-5-3-12(16)4-6-14;/h3-6,11,13H,7-10,17H2,1-2H3,(H,18,19);1H. The number of carbonyl (C=O) groups is 1. The molecule has 0 aliphatic heterocycles. The van der Waals surface area contributed by atoms with Gasteiger partial charge in [-0.1, -0.05) is 13.8 Å². The maximum absolute atomic E-state index is 12.7. The molecular formula is C15H24ClFN2OS. The van der Waals surface area contributed by atoms with Crippen LogP contribution in [0, 0.1) is 11.7 Å². The van der Waals surface area contributed by atoms with Crippen LogP contribution >= 0.6 is 24.2 Å². The fraction of sp³-hybridized carbons (Fsp3) is 0.533. The quantitative estimate of drug-likeness (QED) is 0.718. The van der Waals surface area contributed by atoms with E-state index < -0.39 is 0 Å². The molecule has 0 aliphatic rings. The summed E-state index contributed by atoms with van der Waals surface area (Å²) < 4.78 is 12.7. The van der Waals surface area contributed by atoms with Crippen molar-refractivity contribution in [2.75, 3.05) is 12.3 Å². The molecule has 1 unspecified atom stereocenters. The molecule has 1 amide bonds. The first kappa shape index (κ1) is 20.2. The van der Waals surface area contributed by atoms with Crippen molar-refractivity contribution in [2.24, 2.45) is 11.7 Å². The molecule has 0 radical (unpaired) electrons. The van der Waals surface area contributed by atoms with Crippen molar-refractivity contribution in [3.8, 4) is 0 Å². The summed E-state index contributed by atoms with van der Waals surface area (Å²) in [7, 11) is 0. The SMILES string of the molecule is CC(C)CC(CN)NC(=O)CCSc1ccc(F)cc1.Cl. The predicted molar refractivity (Wildman–Crippen MR) is 89.4 cm³/mol. The van der Waals surface area contributed by atoms with E-state index in [0.717, 1.165) is 11.3 Å². The number of hydrogen-bond donors (Lipinski definition) is 2. The van der Waals surface area contributed by atoms with Gasteiger partial charge in [-0.05, 0) is 36.6 Å². The molecule has 0 aliphatic carbocycles. The van der Waals surface area contributed by atoms with Gasteiger partial charge in [0, 0.05) is 29.7 Å². The third-order valence-electron chi connectivity index (χ3n) is 2.82. The maximum atomic E-state index is 12.7. The third kappa shape index (κ3) is 8.96. The molecule has 6 heteroatoms. The van der Waals surface area contributed by atoms with Gasteiger partial charge in [0.05, 0.1) is 0 Å². The Balaban J connectivity index is 0.00000400. The van der Waals surface area contributed by atoms with Gasteiger partial charge < -0.3 is 11.1 Å². The first-order valence-corrected chi connectivity index (χ1v) is 7.87. The second kappa shape index (κ2) is 10.9. The first-order chi connectivity index (χ1) is 9.51.